The number of halogens is 4. The molecule has 0 unspecified atom stereocenters. The van der Waals surface area contributed by atoms with Gasteiger partial charge in [0, 0.05) is 78.3 Å². The minimum Gasteiger partial charge on any atom is -0.359 e. The number of nitrogens with zero attached hydrogens (tertiary/aromatic N) is 5. The van der Waals surface area contributed by atoms with Crippen molar-refractivity contribution < 1.29 is 36.6 Å². The summed E-state index contributed by atoms with van der Waals surface area (Å²) in [5.41, 5.74) is 11.9. The third kappa shape index (κ3) is 10.2. The van der Waals surface area contributed by atoms with Crippen molar-refractivity contribution in [3.8, 4) is 0 Å². The van der Waals surface area contributed by atoms with Crippen LogP contribution in [0.4, 0.5) is 17.6 Å². The first kappa shape index (κ1) is 67.1. The Bertz CT molecular complexity index is 4460. The van der Waals surface area contributed by atoms with Crippen LogP contribution in [0.5, 0.6) is 0 Å². The lowest BCUT2D eigenvalue weighted by Crippen LogP contribution is -2.55. The molecule has 6 spiro atoms. The van der Waals surface area contributed by atoms with Gasteiger partial charge in [0.15, 0.2) is 0 Å². The van der Waals surface area contributed by atoms with Gasteiger partial charge in [-0.3, -0.25) is 29.5 Å². The van der Waals surface area contributed by atoms with Crippen molar-refractivity contribution in [2.24, 2.45) is 34.0 Å². The Hall–Kier alpha value is -6.48. The summed E-state index contributed by atoms with van der Waals surface area (Å²) < 4.78 is 74.3. The van der Waals surface area contributed by atoms with E-state index < -0.39 is 12.9 Å². The molecular weight excluding hydrogens is 1290 g/mol. The van der Waals surface area contributed by atoms with Gasteiger partial charge in [-0.15, -0.1) is 0 Å². The molecule has 538 valence electrons. The van der Waals surface area contributed by atoms with Gasteiger partial charge >= 0.3 is 0 Å². The molecule has 13 heteroatoms. The van der Waals surface area contributed by atoms with E-state index in [9.17, 15) is 22.4 Å². The summed E-state index contributed by atoms with van der Waals surface area (Å²) in [6, 6.07) is 27.4. The molecule has 0 amide bonds. The van der Waals surface area contributed by atoms with Gasteiger partial charge in [0.1, 0.15) is 5.78 Å². The van der Waals surface area contributed by atoms with Crippen LogP contribution in [0.1, 0.15) is 209 Å². The summed E-state index contributed by atoms with van der Waals surface area (Å²) in [6.45, 7) is 7.20. The molecule has 9 heterocycles. The van der Waals surface area contributed by atoms with Crippen LogP contribution in [0.3, 0.4) is 0 Å². The number of aromatic nitrogens is 3. The van der Waals surface area contributed by atoms with E-state index in [0.29, 0.717) is 54.1 Å². The number of Topliss-reactive ketones (excluding diaryl/α,β-unsaturated/α-hetero) is 1. The smallest absolute Gasteiger partial charge is 0.251 e. The average molecular weight is 1390 g/mol. The van der Waals surface area contributed by atoms with Crippen LogP contribution in [0, 0.1) is 34.0 Å². The Morgan fingerprint density at radius 2 is 0.796 bits per heavy atom. The normalized spacial score (nSPS) is 39.6. The number of fused-ring (bicyclic) bond motifs is 6. The second-order valence-electron chi connectivity index (χ2n) is 35.7. The molecule has 0 N–H and O–H groups in total. The molecule has 9 fully saturated rings. The minimum atomic E-state index is -2.29. The number of ether oxygens (including phenoxy) is 3. The molecule has 15 aliphatic rings. The number of allylic oxidation sites excluding steroid dienone is 3. The molecule has 6 aromatic rings. The summed E-state index contributed by atoms with van der Waals surface area (Å²) in [5.74, 6) is 3.40. The molecule has 0 radical (unpaired) electrons. The van der Waals surface area contributed by atoms with E-state index in [1.54, 1.807) is 0 Å². The van der Waals surface area contributed by atoms with E-state index >= 15 is 0 Å². The van der Waals surface area contributed by atoms with Crippen molar-refractivity contribution >= 4 is 38.1 Å². The second kappa shape index (κ2) is 24.3. The van der Waals surface area contributed by atoms with E-state index in [4.69, 9.17) is 14.2 Å². The summed E-state index contributed by atoms with van der Waals surface area (Å²) in [5, 5.41) is 7.42. The average Bonchev–Trinajstić information content (AvgIpc) is 1.55. The van der Waals surface area contributed by atoms with Gasteiger partial charge in [0.2, 0.25) is 0 Å². The standard InChI is InChI=1S/2C31H36F2N2O.C28H29NO2/c2*1-29-11-9-24-16-23-5-6-25(35(2)19-28(32)33)17-30(23)12-13-31(24,36-30)27(29)8-7-26(29)21-4-3-20-10-14-34-18-22(20)15-21;1-26-10-8-22-15-21-4-5-23(30)16-27(21)11-12-28(22,31-27)25(26)7-6-24(26)19-3-2-18-9-13-29-17-20(18)14-19/h2*3-4,9-10,14-16,18,25-28H,5-8,11-13,17,19H2,1-2H3;2-3,8-9,13-15,17,24-25H,4-7,10-12,16H2,1H3/t25-,26+,27+,29+,30+,31+;25-,26-,27-,29-,30-,31-;24-,25-,26-,27-,28-/m011/s1. The Balaban J connectivity index is 0.000000107. The number of pyridine rings is 3. The predicted octanol–water partition coefficient (Wildman–Crippen LogP) is 20.1. The number of rotatable bonds is 9. The quantitative estimate of drug-likeness (QED) is 0.131. The van der Waals surface area contributed by atoms with Crippen molar-refractivity contribution in [1.82, 2.24) is 24.8 Å². The molecule has 9 aliphatic carbocycles. The van der Waals surface area contributed by atoms with Gasteiger partial charge in [-0.1, -0.05) is 93.6 Å². The summed E-state index contributed by atoms with van der Waals surface area (Å²) in [4.78, 5) is 29.2. The monoisotopic (exact) mass is 1390 g/mol. The largest absolute Gasteiger partial charge is 0.359 e. The molecule has 9 nitrogen and oxygen atoms in total. The lowest BCUT2D eigenvalue weighted by Gasteiger charge is -2.55. The topological polar surface area (TPSA) is 89.9 Å². The van der Waals surface area contributed by atoms with E-state index in [1.807, 2.05) is 61.1 Å². The minimum absolute atomic E-state index is 0.150. The van der Waals surface area contributed by atoms with Crippen LogP contribution >= 0.6 is 0 Å². The zero-order valence-electron chi connectivity index (χ0n) is 60.9. The summed E-state index contributed by atoms with van der Waals surface area (Å²) in [7, 11) is 3.72. The van der Waals surface area contributed by atoms with Crippen LogP contribution in [0.15, 0.2) is 180 Å². The fraction of sp³-hybridized carbons (Fsp3) is 0.556. The molecule has 6 saturated carbocycles. The first-order valence-corrected chi connectivity index (χ1v) is 39.5. The molecule has 103 heavy (non-hydrogen) atoms. The van der Waals surface area contributed by atoms with Gasteiger partial charge in [-0.05, 0) is 310 Å². The van der Waals surface area contributed by atoms with Gasteiger partial charge in [-0.25, -0.2) is 17.6 Å². The van der Waals surface area contributed by atoms with Crippen LogP contribution in [-0.4, -0.2) is 116 Å². The fourth-order valence-corrected chi connectivity index (χ4v) is 26.1. The number of ketones is 1. The van der Waals surface area contributed by atoms with E-state index in [1.165, 1.54) is 121 Å². The highest BCUT2D eigenvalue weighted by Gasteiger charge is 2.70. The number of carbonyl (C=O) groups is 1. The lowest BCUT2D eigenvalue weighted by atomic mass is 9.58. The Labute approximate surface area is 605 Å². The highest BCUT2D eigenvalue weighted by Crippen LogP contribution is 2.73. The molecule has 6 aliphatic heterocycles. The third-order valence-corrected chi connectivity index (χ3v) is 31.1. The number of alkyl halides is 4. The number of hydrogen-bond donors (Lipinski definition) is 0. The van der Waals surface area contributed by atoms with Crippen LogP contribution in [0.2, 0.25) is 0 Å². The Kier molecular flexibility index (Phi) is 15.8. The SMILES string of the molecule is CN(CC(F)F)[C@@H]1CCC2=CC3=CC[C@]4(C)[C@@H](c5ccc6ccncc6c5)CC[C@H]4[C@@]34CC[C@]2(C1)O4.CN(CC(F)F)[C@H]1CCC2=CC3=CC[C@]4(C)[C@@H](c5ccc6ccncc6c5)CC[C@H]4[C@@]34CC[C@]2(C1)O4.C[C@]12CC=C3C=C4CCC(=O)C[C@]45CC[C@]3(O5)[C@@H]1CC[C@@H]2c1ccc2ccncc2c1. The molecular formula is C90H101F4N5O4. The highest BCUT2D eigenvalue weighted by atomic mass is 19.3. The number of benzene rings is 3. The number of carbonyl (C=O) groups excluding carboxylic acids is 1. The maximum absolute atomic E-state index is 13.1. The maximum Gasteiger partial charge on any atom is 0.251 e. The maximum atomic E-state index is 13.1. The van der Waals surface area contributed by atoms with Crippen molar-refractivity contribution in [2.75, 3.05) is 27.2 Å². The van der Waals surface area contributed by atoms with Crippen molar-refractivity contribution in [3.05, 3.63) is 197 Å². The predicted molar refractivity (Wildman–Crippen MR) is 397 cm³/mol. The van der Waals surface area contributed by atoms with Crippen molar-refractivity contribution in [2.45, 2.75) is 251 Å². The Morgan fingerprint density at radius 3 is 1.17 bits per heavy atom. The van der Waals surface area contributed by atoms with Crippen LogP contribution in [0.25, 0.3) is 32.3 Å². The summed E-state index contributed by atoms with van der Waals surface area (Å²) >= 11 is 0. The van der Waals surface area contributed by atoms with E-state index in [0.717, 1.165) is 103 Å². The third-order valence-electron chi connectivity index (χ3n) is 31.1. The first-order valence-electron chi connectivity index (χ1n) is 39.5. The van der Waals surface area contributed by atoms with Gasteiger partial charge in [0.05, 0.1) is 46.7 Å². The molecule has 3 saturated heterocycles. The van der Waals surface area contributed by atoms with Gasteiger partial charge in [-0.2, -0.15) is 0 Å². The Morgan fingerprint density at radius 1 is 0.437 bits per heavy atom. The van der Waals surface area contributed by atoms with Gasteiger partial charge in [0.25, 0.3) is 12.9 Å². The molecule has 3 aromatic heterocycles. The molecule has 17 atom stereocenters. The molecule has 6 bridgehead atoms. The van der Waals surface area contributed by atoms with Crippen LogP contribution < -0.4 is 0 Å². The van der Waals surface area contributed by atoms with Crippen LogP contribution in [-0.2, 0) is 19.0 Å². The second-order valence-corrected chi connectivity index (χ2v) is 35.7. The molecule has 21 rings (SSSR count). The van der Waals surface area contributed by atoms with E-state index in [2.05, 4.69) is 145 Å². The first-order chi connectivity index (χ1) is 49.7. The number of hydrogen-bond acceptors (Lipinski definition) is 9. The molecule has 3 aromatic carbocycles. The zero-order valence-corrected chi connectivity index (χ0v) is 60.9. The van der Waals surface area contributed by atoms with Crippen molar-refractivity contribution in [1.29, 1.82) is 0 Å². The lowest BCUT2D eigenvalue weighted by molar-refractivity contribution is -0.146. The van der Waals surface area contributed by atoms with E-state index in [-0.39, 0.29) is 75.0 Å². The fourth-order valence-electron chi connectivity index (χ4n) is 26.1. The van der Waals surface area contributed by atoms with Gasteiger partial charge < -0.3 is 14.2 Å². The summed E-state index contributed by atoms with van der Waals surface area (Å²) in [6.07, 6.45) is 46.2. The van der Waals surface area contributed by atoms with Crippen molar-refractivity contribution in [3.63, 3.8) is 0 Å². The highest BCUT2D eigenvalue weighted by molar-refractivity contribution is 5.85. The zero-order chi connectivity index (χ0) is 70.3.